The van der Waals surface area contributed by atoms with Crippen LogP contribution >= 0.6 is 0 Å². The lowest BCUT2D eigenvalue weighted by Crippen LogP contribution is -2.27. The number of aryl methyl sites for hydroxylation is 2. The number of hydrogen-bond donors (Lipinski definition) is 1. The van der Waals surface area contributed by atoms with Gasteiger partial charge in [-0.3, -0.25) is 0 Å². The van der Waals surface area contributed by atoms with Crippen molar-refractivity contribution < 1.29 is 0 Å². The van der Waals surface area contributed by atoms with E-state index in [1.807, 2.05) is 0 Å². The summed E-state index contributed by atoms with van der Waals surface area (Å²) in [5, 5.41) is 3.45. The summed E-state index contributed by atoms with van der Waals surface area (Å²) in [7, 11) is 0. The third-order valence-electron chi connectivity index (χ3n) is 2.88. The van der Waals surface area contributed by atoms with Crippen LogP contribution in [0.4, 0.5) is 0 Å². The van der Waals surface area contributed by atoms with Gasteiger partial charge < -0.3 is 5.32 Å². The predicted molar refractivity (Wildman–Crippen MR) is 56.0 cm³/mol. The molecule has 2 rings (SSSR count). The SMILES string of the molecule is Cc1cc(C)c2c(c1)CNCC2C. The highest BCUT2D eigenvalue weighted by Crippen LogP contribution is 2.27. The molecule has 1 N–H and O–H groups in total. The van der Waals surface area contributed by atoms with Crippen molar-refractivity contribution in [2.45, 2.75) is 33.2 Å². The monoisotopic (exact) mass is 175 g/mol. The second-order valence-electron chi connectivity index (χ2n) is 4.19. The van der Waals surface area contributed by atoms with Gasteiger partial charge in [-0.25, -0.2) is 0 Å². The fourth-order valence-corrected chi connectivity index (χ4v) is 2.44. The normalized spacial score (nSPS) is 21.3. The van der Waals surface area contributed by atoms with Gasteiger partial charge in [0.05, 0.1) is 0 Å². The molecule has 1 aromatic carbocycles. The van der Waals surface area contributed by atoms with Crippen LogP contribution in [0.25, 0.3) is 0 Å². The zero-order chi connectivity index (χ0) is 9.42. The number of benzene rings is 1. The van der Waals surface area contributed by atoms with Crippen molar-refractivity contribution in [1.29, 1.82) is 0 Å². The van der Waals surface area contributed by atoms with Crippen LogP contribution in [0.1, 0.15) is 35.1 Å². The lowest BCUT2D eigenvalue weighted by molar-refractivity contribution is 0.568. The number of hydrogen-bond acceptors (Lipinski definition) is 1. The molecule has 0 bridgehead atoms. The fourth-order valence-electron chi connectivity index (χ4n) is 2.44. The summed E-state index contributed by atoms with van der Waals surface area (Å²) >= 11 is 0. The van der Waals surface area contributed by atoms with Crippen molar-refractivity contribution in [3.8, 4) is 0 Å². The summed E-state index contributed by atoms with van der Waals surface area (Å²) in [4.78, 5) is 0. The van der Waals surface area contributed by atoms with Crippen LogP contribution in [0.5, 0.6) is 0 Å². The largest absolute Gasteiger partial charge is 0.312 e. The van der Waals surface area contributed by atoms with E-state index in [1.165, 1.54) is 16.7 Å². The lowest BCUT2D eigenvalue weighted by atomic mass is 9.87. The zero-order valence-electron chi connectivity index (χ0n) is 8.65. The van der Waals surface area contributed by atoms with E-state index in [0.29, 0.717) is 5.92 Å². The van der Waals surface area contributed by atoms with E-state index in [4.69, 9.17) is 0 Å². The molecule has 13 heavy (non-hydrogen) atoms. The minimum atomic E-state index is 0.671. The summed E-state index contributed by atoms with van der Waals surface area (Å²) in [5.41, 5.74) is 5.91. The molecule has 1 heterocycles. The van der Waals surface area contributed by atoms with Gasteiger partial charge in [-0.1, -0.05) is 24.6 Å². The minimum Gasteiger partial charge on any atom is -0.312 e. The molecule has 0 spiro atoms. The smallest absolute Gasteiger partial charge is 0.0208 e. The molecular formula is C12H17N. The Balaban J connectivity index is 2.56. The molecule has 1 aliphatic rings. The van der Waals surface area contributed by atoms with E-state index in [0.717, 1.165) is 13.1 Å². The zero-order valence-corrected chi connectivity index (χ0v) is 8.65. The topological polar surface area (TPSA) is 12.0 Å². The van der Waals surface area contributed by atoms with Gasteiger partial charge >= 0.3 is 0 Å². The molecule has 1 heteroatoms. The molecule has 1 atom stereocenters. The van der Waals surface area contributed by atoms with E-state index in [9.17, 15) is 0 Å². The Hall–Kier alpha value is -0.820. The Morgan fingerprint density at radius 1 is 1.31 bits per heavy atom. The highest BCUT2D eigenvalue weighted by Gasteiger charge is 2.17. The Labute approximate surface area is 80.2 Å². The molecule has 0 saturated heterocycles. The molecular weight excluding hydrogens is 158 g/mol. The van der Waals surface area contributed by atoms with Crippen LogP contribution in [0.15, 0.2) is 12.1 Å². The van der Waals surface area contributed by atoms with Crippen LogP contribution in [-0.4, -0.2) is 6.54 Å². The highest BCUT2D eigenvalue weighted by atomic mass is 14.9. The van der Waals surface area contributed by atoms with Crippen molar-refractivity contribution >= 4 is 0 Å². The van der Waals surface area contributed by atoms with Gasteiger partial charge in [-0.2, -0.15) is 0 Å². The number of rotatable bonds is 0. The first kappa shape index (κ1) is 8.76. The third-order valence-corrected chi connectivity index (χ3v) is 2.88. The van der Waals surface area contributed by atoms with Gasteiger partial charge in [0.15, 0.2) is 0 Å². The Morgan fingerprint density at radius 2 is 2.08 bits per heavy atom. The maximum atomic E-state index is 3.45. The van der Waals surface area contributed by atoms with Crippen LogP contribution in [-0.2, 0) is 6.54 Å². The maximum Gasteiger partial charge on any atom is 0.0208 e. The molecule has 70 valence electrons. The van der Waals surface area contributed by atoms with Crippen LogP contribution in [0.2, 0.25) is 0 Å². The maximum absolute atomic E-state index is 3.45. The van der Waals surface area contributed by atoms with E-state index in [1.54, 1.807) is 5.56 Å². The van der Waals surface area contributed by atoms with E-state index >= 15 is 0 Å². The molecule has 0 fully saturated rings. The molecule has 1 nitrogen and oxygen atoms in total. The fraction of sp³-hybridized carbons (Fsp3) is 0.500. The lowest BCUT2D eigenvalue weighted by Gasteiger charge is -2.25. The van der Waals surface area contributed by atoms with E-state index in [2.05, 4.69) is 38.2 Å². The predicted octanol–water partition coefficient (Wildman–Crippen LogP) is 2.51. The standard InChI is InChI=1S/C12H17N/c1-8-4-9(2)12-10(3)6-13-7-11(12)5-8/h4-5,10,13H,6-7H2,1-3H3. The molecule has 0 saturated carbocycles. The summed E-state index contributed by atoms with van der Waals surface area (Å²) in [6.45, 7) is 8.87. The minimum absolute atomic E-state index is 0.671. The van der Waals surface area contributed by atoms with Crippen LogP contribution in [0.3, 0.4) is 0 Å². The average Bonchev–Trinajstić information content (AvgIpc) is 2.02. The highest BCUT2D eigenvalue weighted by molar-refractivity contribution is 5.41. The summed E-state index contributed by atoms with van der Waals surface area (Å²) in [6.07, 6.45) is 0. The first-order valence-corrected chi connectivity index (χ1v) is 4.99. The van der Waals surface area contributed by atoms with Gasteiger partial charge in [0, 0.05) is 13.1 Å². The van der Waals surface area contributed by atoms with Crippen LogP contribution < -0.4 is 5.32 Å². The Bertz CT molecular complexity index is 328. The van der Waals surface area contributed by atoms with Crippen molar-refractivity contribution in [3.63, 3.8) is 0 Å². The van der Waals surface area contributed by atoms with Crippen molar-refractivity contribution in [2.75, 3.05) is 6.54 Å². The Kier molecular flexibility index (Phi) is 2.12. The quantitative estimate of drug-likeness (QED) is 0.639. The Morgan fingerprint density at radius 3 is 2.85 bits per heavy atom. The number of nitrogens with one attached hydrogen (secondary N) is 1. The van der Waals surface area contributed by atoms with Gasteiger partial charge in [0.2, 0.25) is 0 Å². The molecule has 0 aliphatic carbocycles. The molecule has 0 radical (unpaired) electrons. The van der Waals surface area contributed by atoms with Gasteiger partial charge in [-0.05, 0) is 36.5 Å². The van der Waals surface area contributed by atoms with Gasteiger partial charge in [0.25, 0.3) is 0 Å². The first-order chi connectivity index (χ1) is 6.18. The van der Waals surface area contributed by atoms with Crippen molar-refractivity contribution in [1.82, 2.24) is 5.32 Å². The van der Waals surface area contributed by atoms with E-state index in [-0.39, 0.29) is 0 Å². The first-order valence-electron chi connectivity index (χ1n) is 4.99. The van der Waals surface area contributed by atoms with Gasteiger partial charge in [-0.15, -0.1) is 0 Å². The van der Waals surface area contributed by atoms with Crippen molar-refractivity contribution in [2.24, 2.45) is 0 Å². The van der Waals surface area contributed by atoms with Gasteiger partial charge in [0.1, 0.15) is 0 Å². The second-order valence-corrected chi connectivity index (χ2v) is 4.19. The third kappa shape index (κ3) is 1.49. The van der Waals surface area contributed by atoms with E-state index < -0.39 is 0 Å². The average molecular weight is 175 g/mol. The molecule has 0 aromatic heterocycles. The summed E-state index contributed by atoms with van der Waals surface area (Å²) in [6, 6.07) is 4.60. The van der Waals surface area contributed by atoms with Crippen LogP contribution in [0, 0.1) is 13.8 Å². The molecule has 1 aliphatic heterocycles. The molecule has 1 aromatic rings. The molecule has 1 unspecified atom stereocenters. The summed E-state index contributed by atoms with van der Waals surface area (Å²) < 4.78 is 0. The number of fused-ring (bicyclic) bond motifs is 1. The summed E-state index contributed by atoms with van der Waals surface area (Å²) in [5.74, 6) is 0.671. The van der Waals surface area contributed by atoms with Crippen molar-refractivity contribution in [3.05, 3.63) is 34.4 Å². The molecule has 0 amide bonds. The second kappa shape index (κ2) is 3.15.